The number of nitrogens with zero attached hydrogens (tertiary/aromatic N) is 2. The molecule has 38 heavy (non-hydrogen) atoms. The largest absolute Gasteiger partial charge is 0.477 e. The summed E-state index contributed by atoms with van der Waals surface area (Å²) < 4.78 is 5.39. The van der Waals surface area contributed by atoms with E-state index in [1.54, 1.807) is 24.3 Å². The minimum Gasteiger partial charge on any atom is -0.477 e. The highest BCUT2D eigenvalue weighted by atomic mass is 32.1. The molecule has 2 aliphatic rings. The number of hydrogen-bond acceptors (Lipinski definition) is 7. The van der Waals surface area contributed by atoms with Gasteiger partial charge in [0.2, 0.25) is 5.91 Å². The van der Waals surface area contributed by atoms with Gasteiger partial charge in [-0.05, 0) is 43.4 Å². The van der Waals surface area contributed by atoms with Crippen molar-refractivity contribution < 1.29 is 29.0 Å². The SMILES string of the molecule is O=C(NC1CC1)c1ccc(-c2nc(NC(=O)C3CCCN3C(=O)OCc3ccccc3)sc2C(=O)O)cc1. The van der Waals surface area contributed by atoms with E-state index in [-0.39, 0.29) is 34.3 Å². The van der Waals surface area contributed by atoms with Crippen LogP contribution in [0, 0.1) is 0 Å². The van der Waals surface area contributed by atoms with Gasteiger partial charge in [-0.3, -0.25) is 14.5 Å². The van der Waals surface area contributed by atoms with Gasteiger partial charge in [-0.2, -0.15) is 0 Å². The fourth-order valence-electron chi connectivity index (χ4n) is 4.24. The summed E-state index contributed by atoms with van der Waals surface area (Å²) in [5, 5.41) is 15.4. The molecular formula is C27H26N4O6S. The van der Waals surface area contributed by atoms with E-state index in [1.165, 1.54) is 4.90 Å². The number of carboxylic acid groups (broad SMARTS) is 1. The van der Waals surface area contributed by atoms with Gasteiger partial charge >= 0.3 is 12.1 Å². The number of nitrogens with one attached hydrogen (secondary N) is 2. The van der Waals surface area contributed by atoms with Crippen LogP contribution in [0.15, 0.2) is 54.6 Å². The first kappa shape index (κ1) is 25.4. The molecule has 3 N–H and O–H groups in total. The molecule has 0 bridgehead atoms. The molecule has 1 aromatic heterocycles. The first-order chi connectivity index (χ1) is 18.4. The minimum atomic E-state index is -1.18. The van der Waals surface area contributed by atoms with E-state index in [4.69, 9.17) is 4.74 Å². The molecule has 11 heteroatoms. The van der Waals surface area contributed by atoms with Gasteiger partial charge in [0.25, 0.3) is 5.91 Å². The van der Waals surface area contributed by atoms with Gasteiger partial charge < -0.3 is 20.5 Å². The Labute approximate surface area is 222 Å². The number of carbonyl (C=O) groups excluding carboxylic acids is 3. The predicted molar refractivity (Wildman–Crippen MR) is 140 cm³/mol. The lowest BCUT2D eigenvalue weighted by atomic mass is 10.1. The van der Waals surface area contributed by atoms with E-state index in [9.17, 15) is 24.3 Å². The Morgan fingerprint density at radius 1 is 1.03 bits per heavy atom. The molecule has 1 aliphatic heterocycles. The summed E-state index contributed by atoms with van der Waals surface area (Å²) in [6.07, 6.45) is 2.48. The van der Waals surface area contributed by atoms with Crippen molar-refractivity contribution >= 4 is 40.3 Å². The van der Waals surface area contributed by atoms with E-state index in [0.29, 0.717) is 30.5 Å². The number of hydrogen-bond donors (Lipinski definition) is 3. The van der Waals surface area contributed by atoms with E-state index >= 15 is 0 Å². The Morgan fingerprint density at radius 2 is 1.76 bits per heavy atom. The van der Waals surface area contributed by atoms with E-state index < -0.39 is 24.0 Å². The zero-order chi connectivity index (χ0) is 26.6. The molecule has 1 atom stereocenters. The molecule has 5 rings (SSSR count). The third-order valence-electron chi connectivity index (χ3n) is 6.38. The van der Waals surface area contributed by atoms with Gasteiger partial charge in [-0.25, -0.2) is 14.6 Å². The maximum absolute atomic E-state index is 13.1. The standard InChI is InChI=1S/C27H26N4O6S/c32-23(28-19-12-13-19)18-10-8-17(9-11-18)21-22(25(34)35)38-26(29-21)30-24(33)20-7-4-14-31(20)27(36)37-15-16-5-2-1-3-6-16/h1-3,5-6,8-11,19-20H,4,7,12-15H2,(H,28,32)(H,34,35)(H,29,30,33). The number of likely N-dealkylation sites (tertiary alicyclic amines) is 1. The fourth-order valence-corrected chi connectivity index (χ4v) is 5.07. The van der Waals surface area contributed by atoms with Crippen molar-refractivity contribution in [3.8, 4) is 11.3 Å². The summed E-state index contributed by atoms with van der Waals surface area (Å²) in [5.74, 6) is -1.81. The first-order valence-electron chi connectivity index (χ1n) is 12.3. The lowest BCUT2D eigenvalue weighted by Crippen LogP contribution is -2.43. The van der Waals surface area contributed by atoms with Crippen LogP contribution in [0.4, 0.5) is 9.93 Å². The topological polar surface area (TPSA) is 138 Å². The predicted octanol–water partition coefficient (Wildman–Crippen LogP) is 4.14. The number of aromatic nitrogens is 1. The second-order valence-corrected chi connectivity index (χ2v) is 10.2. The molecule has 1 saturated carbocycles. The third kappa shape index (κ3) is 5.83. The quantitative estimate of drug-likeness (QED) is 0.395. The highest BCUT2D eigenvalue weighted by Crippen LogP contribution is 2.32. The molecule has 1 saturated heterocycles. The molecule has 3 aromatic rings. The van der Waals surface area contributed by atoms with Gasteiger partial charge in [-0.1, -0.05) is 53.8 Å². The van der Waals surface area contributed by atoms with E-state index in [0.717, 1.165) is 29.7 Å². The van der Waals surface area contributed by atoms with Gasteiger partial charge in [-0.15, -0.1) is 0 Å². The maximum Gasteiger partial charge on any atom is 0.410 e. The van der Waals surface area contributed by atoms with E-state index in [2.05, 4.69) is 15.6 Å². The van der Waals surface area contributed by atoms with Crippen LogP contribution in [0.2, 0.25) is 0 Å². The maximum atomic E-state index is 13.1. The molecule has 2 fully saturated rings. The summed E-state index contributed by atoms with van der Waals surface area (Å²) in [4.78, 5) is 55.6. The summed E-state index contributed by atoms with van der Waals surface area (Å²) in [6.45, 7) is 0.485. The number of carbonyl (C=O) groups is 4. The van der Waals surface area contributed by atoms with Crippen molar-refractivity contribution in [1.29, 1.82) is 0 Å². The van der Waals surface area contributed by atoms with Crippen molar-refractivity contribution in [2.24, 2.45) is 0 Å². The van der Waals surface area contributed by atoms with Gasteiger partial charge in [0.05, 0.1) is 5.69 Å². The number of aromatic carboxylic acids is 1. The highest BCUT2D eigenvalue weighted by molar-refractivity contribution is 7.18. The Hall–Kier alpha value is -4.25. The Balaban J connectivity index is 1.26. The zero-order valence-corrected chi connectivity index (χ0v) is 21.2. The van der Waals surface area contributed by atoms with E-state index in [1.807, 2.05) is 30.3 Å². The average Bonchev–Trinajstić information content (AvgIpc) is 3.42. The van der Waals surface area contributed by atoms with Crippen LogP contribution in [0.5, 0.6) is 0 Å². The number of anilines is 1. The van der Waals surface area contributed by atoms with Gasteiger partial charge in [0, 0.05) is 23.7 Å². The second kappa shape index (κ2) is 11.0. The summed E-state index contributed by atoms with van der Waals surface area (Å²) in [7, 11) is 0. The number of ether oxygens (including phenoxy) is 1. The second-order valence-electron chi connectivity index (χ2n) is 9.21. The first-order valence-corrected chi connectivity index (χ1v) is 13.1. The number of benzene rings is 2. The number of amides is 3. The molecule has 3 amide bonds. The van der Waals surface area contributed by atoms with Crippen molar-refractivity contribution in [1.82, 2.24) is 15.2 Å². The van der Waals surface area contributed by atoms with Crippen LogP contribution in [0.25, 0.3) is 11.3 Å². The zero-order valence-electron chi connectivity index (χ0n) is 20.4. The smallest absolute Gasteiger partial charge is 0.410 e. The van der Waals surface area contributed by atoms with Crippen molar-refractivity contribution in [2.75, 3.05) is 11.9 Å². The minimum absolute atomic E-state index is 0.0407. The van der Waals surface area contributed by atoms with Crippen LogP contribution < -0.4 is 10.6 Å². The summed E-state index contributed by atoms with van der Waals surface area (Å²) in [5.41, 5.74) is 2.02. The molecule has 0 spiro atoms. The monoisotopic (exact) mass is 534 g/mol. The van der Waals surface area contributed by atoms with Crippen LogP contribution in [0.1, 0.15) is 51.3 Å². The van der Waals surface area contributed by atoms with Gasteiger partial charge in [0.1, 0.15) is 17.5 Å². The number of rotatable bonds is 8. The van der Waals surface area contributed by atoms with Crippen LogP contribution >= 0.6 is 11.3 Å². The van der Waals surface area contributed by atoms with Crippen molar-refractivity contribution in [2.45, 2.75) is 44.4 Å². The number of thiazole rings is 1. The Morgan fingerprint density at radius 3 is 2.45 bits per heavy atom. The number of carboxylic acids is 1. The van der Waals surface area contributed by atoms with Crippen LogP contribution in [0.3, 0.4) is 0 Å². The molecule has 1 unspecified atom stereocenters. The molecule has 196 valence electrons. The lowest BCUT2D eigenvalue weighted by Gasteiger charge is -2.22. The lowest BCUT2D eigenvalue weighted by molar-refractivity contribution is -0.120. The van der Waals surface area contributed by atoms with Crippen molar-refractivity contribution in [3.05, 3.63) is 70.6 Å². The van der Waals surface area contributed by atoms with Gasteiger partial charge in [0.15, 0.2) is 5.13 Å². The molecule has 2 aromatic carbocycles. The average molecular weight is 535 g/mol. The fraction of sp³-hybridized carbons (Fsp3) is 0.296. The Bertz CT molecular complexity index is 1350. The molecular weight excluding hydrogens is 508 g/mol. The third-order valence-corrected chi connectivity index (χ3v) is 7.34. The highest BCUT2D eigenvalue weighted by Gasteiger charge is 2.36. The summed E-state index contributed by atoms with van der Waals surface area (Å²) >= 11 is 0.837. The molecule has 2 heterocycles. The molecule has 0 radical (unpaired) electrons. The molecule has 10 nitrogen and oxygen atoms in total. The van der Waals surface area contributed by atoms with Crippen LogP contribution in [-0.2, 0) is 16.1 Å². The van der Waals surface area contributed by atoms with Crippen molar-refractivity contribution in [3.63, 3.8) is 0 Å². The normalized spacial score (nSPS) is 16.6. The van der Waals surface area contributed by atoms with Crippen LogP contribution in [-0.4, -0.2) is 57.5 Å². The molecule has 1 aliphatic carbocycles. The Kier molecular flexibility index (Phi) is 7.36. The summed E-state index contributed by atoms with van der Waals surface area (Å²) in [6, 6.07) is 15.3.